The zero-order valence-corrected chi connectivity index (χ0v) is 6.72. The maximum atomic E-state index is 13.4. The number of aliphatic carboxylic acids is 1. The van der Waals surface area contributed by atoms with Crippen molar-refractivity contribution in [2.75, 3.05) is 6.54 Å². The van der Waals surface area contributed by atoms with Crippen molar-refractivity contribution in [3.63, 3.8) is 0 Å². The third-order valence-corrected chi connectivity index (χ3v) is 2.41. The summed E-state index contributed by atoms with van der Waals surface area (Å²) in [6.07, 6.45) is 0.449. The van der Waals surface area contributed by atoms with Gasteiger partial charge in [0.1, 0.15) is 11.2 Å². The van der Waals surface area contributed by atoms with E-state index in [1.807, 2.05) is 0 Å². The van der Waals surface area contributed by atoms with E-state index in [2.05, 4.69) is 0 Å². The van der Waals surface area contributed by atoms with Crippen LogP contribution in [0.2, 0.25) is 0 Å². The molecule has 0 bridgehead atoms. The molecule has 0 spiro atoms. The number of alkyl halides is 1. The Morgan fingerprint density at radius 3 is 2.42 bits per heavy atom. The predicted molar refractivity (Wildman–Crippen MR) is 41.3 cm³/mol. The molecule has 1 unspecified atom stereocenters. The van der Waals surface area contributed by atoms with Gasteiger partial charge in [0.05, 0.1) is 0 Å². The van der Waals surface area contributed by atoms with Crippen molar-refractivity contribution in [1.82, 2.24) is 0 Å². The molecule has 0 amide bonds. The van der Waals surface area contributed by atoms with Crippen LogP contribution >= 0.6 is 0 Å². The molecule has 0 radical (unpaired) electrons. The zero-order chi connectivity index (χ0) is 9.41. The molecule has 1 saturated carbocycles. The molecular formula is C7H13FN2O2. The molecule has 4 nitrogen and oxygen atoms in total. The standard InChI is InChI=1S/C7H13FN2O2/c8-6(1-2-6)7(10,3-4-9)5(11)12/h1-4,9-10H2,(H,11,12). The van der Waals surface area contributed by atoms with Gasteiger partial charge in [0.25, 0.3) is 0 Å². The van der Waals surface area contributed by atoms with Crippen LogP contribution in [0.1, 0.15) is 19.3 Å². The van der Waals surface area contributed by atoms with Gasteiger partial charge in [0.2, 0.25) is 0 Å². The third kappa shape index (κ3) is 1.19. The number of carbonyl (C=O) groups is 1. The fourth-order valence-electron chi connectivity index (χ4n) is 1.31. The van der Waals surface area contributed by atoms with Gasteiger partial charge in [-0.1, -0.05) is 0 Å². The topological polar surface area (TPSA) is 89.3 Å². The fourth-order valence-corrected chi connectivity index (χ4v) is 1.31. The average Bonchev–Trinajstić information content (AvgIpc) is 2.69. The molecule has 70 valence electrons. The van der Waals surface area contributed by atoms with Gasteiger partial charge in [-0.15, -0.1) is 0 Å². The van der Waals surface area contributed by atoms with Gasteiger partial charge in [-0.25, -0.2) is 4.39 Å². The lowest BCUT2D eigenvalue weighted by atomic mass is 9.89. The lowest BCUT2D eigenvalue weighted by Gasteiger charge is -2.27. The Morgan fingerprint density at radius 2 is 2.17 bits per heavy atom. The Balaban J connectivity index is 2.79. The van der Waals surface area contributed by atoms with Crippen molar-refractivity contribution in [3.8, 4) is 0 Å². The number of nitrogens with two attached hydrogens (primary N) is 2. The molecule has 1 rings (SSSR count). The van der Waals surface area contributed by atoms with E-state index < -0.39 is 17.2 Å². The molecule has 1 atom stereocenters. The van der Waals surface area contributed by atoms with Crippen LogP contribution in [-0.2, 0) is 4.79 Å². The number of halogens is 1. The molecule has 0 aromatic heterocycles. The van der Waals surface area contributed by atoms with Crippen molar-refractivity contribution in [2.45, 2.75) is 30.5 Å². The lowest BCUT2D eigenvalue weighted by Crippen LogP contribution is -2.58. The first-order valence-corrected chi connectivity index (χ1v) is 3.87. The summed E-state index contributed by atoms with van der Waals surface area (Å²) in [4.78, 5) is 10.7. The van der Waals surface area contributed by atoms with Gasteiger partial charge in [-0.05, 0) is 25.8 Å². The zero-order valence-electron chi connectivity index (χ0n) is 6.72. The van der Waals surface area contributed by atoms with Crippen LogP contribution in [-0.4, -0.2) is 28.8 Å². The van der Waals surface area contributed by atoms with Gasteiger partial charge in [-0.3, -0.25) is 4.79 Å². The SMILES string of the molecule is NCCC(N)(C(=O)O)C1(F)CC1. The smallest absolute Gasteiger partial charge is 0.327 e. The summed E-state index contributed by atoms with van der Waals surface area (Å²) >= 11 is 0. The molecule has 0 aromatic rings. The van der Waals surface area contributed by atoms with Crippen LogP contribution in [0.3, 0.4) is 0 Å². The van der Waals surface area contributed by atoms with Crippen LogP contribution in [0.4, 0.5) is 4.39 Å². The van der Waals surface area contributed by atoms with Crippen molar-refractivity contribution in [2.24, 2.45) is 11.5 Å². The highest BCUT2D eigenvalue weighted by Gasteiger charge is 2.62. The molecule has 1 fully saturated rings. The summed E-state index contributed by atoms with van der Waals surface area (Å²) in [5, 5.41) is 8.72. The summed E-state index contributed by atoms with van der Waals surface area (Å²) in [5.41, 5.74) is 7.10. The van der Waals surface area contributed by atoms with E-state index in [0.717, 1.165) is 0 Å². The van der Waals surface area contributed by atoms with E-state index in [9.17, 15) is 9.18 Å². The normalized spacial score (nSPS) is 24.6. The molecule has 5 N–H and O–H groups in total. The summed E-state index contributed by atoms with van der Waals surface area (Å²) < 4.78 is 13.4. The van der Waals surface area contributed by atoms with Crippen LogP contribution < -0.4 is 11.5 Å². The summed E-state index contributed by atoms with van der Waals surface area (Å²) in [6, 6.07) is 0. The first-order chi connectivity index (χ1) is 5.46. The van der Waals surface area contributed by atoms with Gasteiger partial charge < -0.3 is 16.6 Å². The van der Waals surface area contributed by atoms with Gasteiger partial charge in [0, 0.05) is 0 Å². The molecule has 5 heteroatoms. The number of carboxylic acids is 1. The Hall–Kier alpha value is -0.680. The maximum Gasteiger partial charge on any atom is 0.327 e. The van der Waals surface area contributed by atoms with Crippen molar-refractivity contribution in [3.05, 3.63) is 0 Å². The monoisotopic (exact) mass is 176 g/mol. The first kappa shape index (κ1) is 9.41. The van der Waals surface area contributed by atoms with Crippen LogP contribution in [0.15, 0.2) is 0 Å². The first-order valence-electron chi connectivity index (χ1n) is 3.87. The number of hydrogen-bond acceptors (Lipinski definition) is 3. The molecular weight excluding hydrogens is 163 g/mol. The van der Waals surface area contributed by atoms with Crippen molar-refractivity contribution < 1.29 is 14.3 Å². The highest BCUT2D eigenvalue weighted by Crippen LogP contribution is 2.48. The Bertz CT molecular complexity index is 206. The predicted octanol–water partition coefficient (Wildman–Crippen LogP) is -0.381. The third-order valence-electron chi connectivity index (χ3n) is 2.41. The second-order valence-corrected chi connectivity index (χ2v) is 3.28. The van der Waals surface area contributed by atoms with E-state index in [4.69, 9.17) is 16.6 Å². The molecule has 1 aliphatic rings. The quantitative estimate of drug-likeness (QED) is 0.544. The second-order valence-electron chi connectivity index (χ2n) is 3.28. The average molecular weight is 176 g/mol. The number of rotatable bonds is 4. The molecule has 0 saturated heterocycles. The summed E-state index contributed by atoms with van der Waals surface area (Å²) in [7, 11) is 0. The molecule has 12 heavy (non-hydrogen) atoms. The van der Waals surface area contributed by atoms with E-state index >= 15 is 0 Å². The van der Waals surface area contributed by atoms with Gasteiger partial charge >= 0.3 is 5.97 Å². The number of hydrogen-bond donors (Lipinski definition) is 3. The van der Waals surface area contributed by atoms with Gasteiger partial charge in [-0.2, -0.15) is 0 Å². The minimum atomic E-state index is -1.78. The highest BCUT2D eigenvalue weighted by atomic mass is 19.1. The van der Waals surface area contributed by atoms with Crippen molar-refractivity contribution in [1.29, 1.82) is 0 Å². The van der Waals surface area contributed by atoms with Crippen LogP contribution in [0, 0.1) is 0 Å². The van der Waals surface area contributed by atoms with E-state index in [1.165, 1.54) is 0 Å². The minimum Gasteiger partial charge on any atom is -0.480 e. The molecule has 0 heterocycles. The Labute approximate surface area is 69.7 Å². The van der Waals surface area contributed by atoms with E-state index in [-0.39, 0.29) is 25.8 Å². The Morgan fingerprint density at radius 1 is 1.67 bits per heavy atom. The fraction of sp³-hybridized carbons (Fsp3) is 0.857. The van der Waals surface area contributed by atoms with E-state index in [0.29, 0.717) is 0 Å². The largest absolute Gasteiger partial charge is 0.480 e. The van der Waals surface area contributed by atoms with E-state index in [1.54, 1.807) is 0 Å². The van der Waals surface area contributed by atoms with Crippen LogP contribution in [0.5, 0.6) is 0 Å². The summed E-state index contributed by atoms with van der Waals surface area (Å²) in [5.74, 6) is -1.30. The Kier molecular flexibility index (Phi) is 2.09. The maximum absolute atomic E-state index is 13.4. The second kappa shape index (κ2) is 2.67. The van der Waals surface area contributed by atoms with Gasteiger partial charge in [0.15, 0.2) is 0 Å². The molecule has 0 aliphatic heterocycles. The summed E-state index contributed by atoms with van der Waals surface area (Å²) in [6.45, 7) is 0.0917. The lowest BCUT2D eigenvalue weighted by molar-refractivity contribution is -0.147. The van der Waals surface area contributed by atoms with Crippen LogP contribution in [0.25, 0.3) is 0 Å². The minimum absolute atomic E-state index is 0.0150. The highest BCUT2D eigenvalue weighted by molar-refractivity contribution is 5.81. The number of carboxylic acid groups (broad SMARTS) is 1. The molecule has 0 aromatic carbocycles. The van der Waals surface area contributed by atoms with Crippen molar-refractivity contribution >= 4 is 5.97 Å². The molecule has 1 aliphatic carbocycles.